The molecule has 1 aromatic heterocycles. The quantitative estimate of drug-likeness (QED) is 0.819. The van der Waals surface area contributed by atoms with Gasteiger partial charge in [0, 0.05) is 23.3 Å². The Morgan fingerprint density at radius 3 is 2.85 bits per heavy atom. The molecular formula is C16H19ClN2O. The van der Waals surface area contributed by atoms with E-state index in [9.17, 15) is 0 Å². The number of hydrogen-bond donors (Lipinski definition) is 1. The summed E-state index contributed by atoms with van der Waals surface area (Å²) in [7, 11) is 1.65. The van der Waals surface area contributed by atoms with E-state index < -0.39 is 0 Å². The largest absolute Gasteiger partial charge is 0.495 e. The van der Waals surface area contributed by atoms with Crippen LogP contribution in [0.1, 0.15) is 18.9 Å². The van der Waals surface area contributed by atoms with Crippen LogP contribution >= 0.6 is 11.6 Å². The Hall–Kier alpha value is -1.58. The first-order chi connectivity index (χ1) is 9.74. The van der Waals surface area contributed by atoms with Gasteiger partial charge >= 0.3 is 0 Å². The van der Waals surface area contributed by atoms with Crippen molar-refractivity contribution in [2.24, 2.45) is 0 Å². The average Bonchev–Trinajstić information content (AvgIpc) is 2.48. The fourth-order valence-corrected chi connectivity index (χ4v) is 2.26. The summed E-state index contributed by atoms with van der Waals surface area (Å²) >= 11 is 6.11. The molecule has 1 heterocycles. The van der Waals surface area contributed by atoms with E-state index in [1.807, 2.05) is 30.5 Å². The van der Waals surface area contributed by atoms with Crippen LogP contribution in [-0.4, -0.2) is 18.6 Å². The summed E-state index contributed by atoms with van der Waals surface area (Å²) in [4.78, 5) is 4.21. The molecule has 1 aromatic carbocycles. The van der Waals surface area contributed by atoms with Gasteiger partial charge in [-0.15, -0.1) is 0 Å². The topological polar surface area (TPSA) is 34.2 Å². The molecule has 4 heteroatoms. The summed E-state index contributed by atoms with van der Waals surface area (Å²) in [6.07, 6.45) is 4.65. The predicted molar refractivity (Wildman–Crippen MR) is 83.2 cm³/mol. The number of pyridine rings is 1. The molecule has 0 saturated heterocycles. The van der Waals surface area contributed by atoms with Gasteiger partial charge < -0.3 is 10.1 Å². The number of hydrogen-bond acceptors (Lipinski definition) is 3. The van der Waals surface area contributed by atoms with Crippen LogP contribution in [0.3, 0.4) is 0 Å². The van der Waals surface area contributed by atoms with Crippen molar-refractivity contribution in [2.75, 3.05) is 13.7 Å². The van der Waals surface area contributed by atoms with Gasteiger partial charge in [-0.3, -0.25) is 4.98 Å². The van der Waals surface area contributed by atoms with E-state index >= 15 is 0 Å². The zero-order valence-corrected chi connectivity index (χ0v) is 12.6. The van der Waals surface area contributed by atoms with Gasteiger partial charge in [-0.1, -0.05) is 24.6 Å². The summed E-state index contributed by atoms with van der Waals surface area (Å²) in [5.74, 6) is 0.755. The second-order valence-electron chi connectivity index (χ2n) is 4.59. The number of halogens is 1. The molecule has 0 aliphatic heterocycles. The van der Waals surface area contributed by atoms with E-state index in [-0.39, 0.29) is 0 Å². The number of nitrogens with one attached hydrogen (secondary N) is 1. The lowest BCUT2D eigenvalue weighted by molar-refractivity contribution is 0.413. The third-order valence-electron chi connectivity index (χ3n) is 3.07. The molecule has 0 saturated carbocycles. The highest BCUT2D eigenvalue weighted by Gasteiger charge is 2.07. The molecule has 3 nitrogen and oxygen atoms in total. The maximum Gasteiger partial charge on any atom is 0.137 e. The molecule has 1 N–H and O–H groups in total. The summed E-state index contributed by atoms with van der Waals surface area (Å²) in [5.41, 5.74) is 3.33. The van der Waals surface area contributed by atoms with Gasteiger partial charge in [0.2, 0.25) is 0 Å². The van der Waals surface area contributed by atoms with Crippen LogP contribution in [0.4, 0.5) is 0 Å². The highest BCUT2D eigenvalue weighted by Crippen LogP contribution is 2.28. The molecule has 106 valence electrons. The third kappa shape index (κ3) is 3.71. The van der Waals surface area contributed by atoms with E-state index in [1.54, 1.807) is 13.3 Å². The Morgan fingerprint density at radius 1 is 1.25 bits per heavy atom. The highest BCUT2D eigenvalue weighted by atomic mass is 35.5. The second-order valence-corrected chi connectivity index (χ2v) is 5.03. The minimum atomic E-state index is 0.748. The van der Waals surface area contributed by atoms with Gasteiger partial charge in [0.15, 0.2) is 0 Å². The lowest BCUT2D eigenvalue weighted by atomic mass is 10.0. The maximum absolute atomic E-state index is 6.11. The average molecular weight is 291 g/mol. The Bertz CT molecular complexity index is 572. The first-order valence-corrected chi connectivity index (χ1v) is 7.11. The third-order valence-corrected chi connectivity index (χ3v) is 3.30. The van der Waals surface area contributed by atoms with Gasteiger partial charge in [-0.25, -0.2) is 0 Å². The van der Waals surface area contributed by atoms with Crippen LogP contribution in [0.15, 0.2) is 36.7 Å². The molecule has 0 aliphatic rings. The van der Waals surface area contributed by atoms with E-state index in [0.29, 0.717) is 0 Å². The van der Waals surface area contributed by atoms with E-state index in [1.165, 1.54) is 5.56 Å². The summed E-state index contributed by atoms with van der Waals surface area (Å²) < 4.78 is 5.23. The fraction of sp³-hybridized carbons (Fsp3) is 0.312. The van der Waals surface area contributed by atoms with Crippen molar-refractivity contribution in [1.82, 2.24) is 10.3 Å². The number of methoxy groups -OCH3 is 1. The molecule has 0 fully saturated rings. The zero-order valence-electron chi connectivity index (χ0n) is 11.8. The van der Waals surface area contributed by atoms with Crippen LogP contribution in [0.5, 0.6) is 5.75 Å². The summed E-state index contributed by atoms with van der Waals surface area (Å²) in [6, 6.07) is 7.92. The Labute approximate surface area is 124 Å². The lowest BCUT2D eigenvalue weighted by Gasteiger charge is -2.12. The van der Waals surface area contributed by atoms with Crippen LogP contribution < -0.4 is 10.1 Å². The number of rotatable bonds is 6. The number of ether oxygens (including phenoxy) is 1. The van der Waals surface area contributed by atoms with Crippen molar-refractivity contribution in [3.8, 4) is 16.9 Å². The molecule has 0 amide bonds. The van der Waals surface area contributed by atoms with Gasteiger partial charge in [0.25, 0.3) is 0 Å². The van der Waals surface area contributed by atoms with Gasteiger partial charge in [-0.2, -0.15) is 0 Å². The minimum absolute atomic E-state index is 0.748. The fourth-order valence-electron chi connectivity index (χ4n) is 2.07. The summed E-state index contributed by atoms with van der Waals surface area (Å²) in [6.45, 7) is 3.93. The van der Waals surface area contributed by atoms with E-state index in [4.69, 9.17) is 16.3 Å². The number of benzene rings is 1. The van der Waals surface area contributed by atoms with Gasteiger partial charge in [-0.05, 0) is 42.3 Å². The SMILES string of the molecule is CCCNCc1cc(Cl)ccc1-c1cncc(OC)c1. The monoisotopic (exact) mass is 290 g/mol. The van der Waals surface area contributed by atoms with E-state index in [2.05, 4.69) is 17.2 Å². The molecule has 0 radical (unpaired) electrons. The molecule has 2 aromatic rings. The molecule has 0 spiro atoms. The molecular weight excluding hydrogens is 272 g/mol. The van der Waals surface area contributed by atoms with Crippen molar-refractivity contribution in [3.05, 3.63) is 47.2 Å². The van der Waals surface area contributed by atoms with Crippen molar-refractivity contribution >= 4 is 11.6 Å². The molecule has 0 unspecified atom stereocenters. The first-order valence-electron chi connectivity index (χ1n) is 6.73. The van der Waals surface area contributed by atoms with E-state index in [0.717, 1.165) is 41.4 Å². The van der Waals surface area contributed by atoms with Crippen molar-refractivity contribution in [2.45, 2.75) is 19.9 Å². The number of nitrogens with zero attached hydrogens (tertiary/aromatic N) is 1. The second kappa shape index (κ2) is 7.27. The predicted octanol–water partition coefficient (Wildman–Crippen LogP) is 3.91. The smallest absolute Gasteiger partial charge is 0.137 e. The maximum atomic E-state index is 6.11. The lowest BCUT2D eigenvalue weighted by Crippen LogP contribution is -2.14. The molecule has 0 bridgehead atoms. The van der Waals surface area contributed by atoms with Crippen molar-refractivity contribution in [1.29, 1.82) is 0 Å². The van der Waals surface area contributed by atoms with Gasteiger partial charge in [0.1, 0.15) is 5.75 Å². The van der Waals surface area contributed by atoms with Crippen LogP contribution in [0, 0.1) is 0 Å². The Kier molecular flexibility index (Phi) is 5.39. The standard InChI is InChI=1S/C16H19ClN2O/c1-3-6-18-9-12-7-14(17)4-5-16(12)13-8-15(20-2)11-19-10-13/h4-5,7-8,10-11,18H,3,6,9H2,1-2H3. The van der Waals surface area contributed by atoms with Crippen LogP contribution in [-0.2, 0) is 6.54 Å². The zero-order chi connectivity index (χ0) is 14.4. The Morgan fingerprint density at radius 2 is 2.10 bits per heavy atom. The molecule has 0 atom stereocenters. The molecule has 2 rings (SSSR count). The van der Waals surface area contributed by atoms with Crippen molar-refractivity contribution in [3.63, 3.8) is 0 Å². The summed E-state index contributed by atoms with van der Waals surface area (Å²) in [5, 5.41) is 4.16. The normalized spacial score (nSPS) is 10.6. The Balaban J connectivity index is 2.33. The highest BCUT2D eigenvalue weighted by molar-refractivity contribution is 6.30. The molecule has 0 aliphatic carbocycles. The molecule has 20 heavy (non-hydrogen) atoms. The first kappa shape index (κ1) is 14.8. The van der Waals surface area contributed by atoms with Gasteiger partial charge in [0.05, 0.1) is 13.3 Å². The van der Waals surface area contributed by atoms with Crippen LogP contribution in [0.2, 0.25) is 5.02 Å². The minimum Gasteiger partial charge on any atom is -0.495 e. The van der Waals surface area contributed by atoms with Crippen molar-refractivity contribution < 1.29 is 4.74 Å². The van der Waals surface area contributed by atoms with Crippen LogP contribution in [0.25, 0.3) is 11.1 Å². The number of aromatic nitrogens is 1.